The maximum Gasteiger partial charge on any atom is 0.289 e. The second-order valence-electron chi connectivity index (χ2n) is 5.77. The first kappa shape index (κ1) is 18.2. The van der Waals surface area contributed by atoms with Crippen LogP contribution in [0.25, 0.3) is 0 Å². The first-order valence-electron chi connectivity index (χ1n) is 8.42. The van der Waals surface area contributed by atoms with E-state index in [9.17, 15) is 14.4 Å². The lowest BCUT2D eigenvalue weighted by atomic mass is 10.1. The number of benzene rings is 1. The van der Waals surface area contributed by atoms with Gasteiger partial charge in [-0.15, -0.1) is 0 Å². The van der Waals surface area contributed by atoms with Crippen LogP contribution >= 0.6 is 0 Å². The minimum Gasteiger partial charge on any atom is -0.273 e. The van der Waals surface area contributed by atoms with Gasteiger partial charge in [-0.1, -0.05) is 30.3 Å². The van der Waals surface area contributed by atoms with E-state index in [4.69, 9.17) is 0 Å². The highest BCUT2D eigenvalue weighted by molar-refractivity contribution is 6.02. The molecular weight excluding hydrogens is 348 g/mol. The summed E-state index contributed by atoms with van der Waals surface area (Å²) in [5.41, 5.74) is 6.39. The zero-order chi connectivity index (χ0) is 19.1. The number of aromatic nitrogens is 2. The summed E-state index contributed by atoms with van der Waals surface area (Å²) in [5.74, 6) is -1.30. The zero-order valence-corrected chi connectivity index (χ0v) is 14.5. The Morgan fingerprint density at radius 2 is 1.85 bits per heavy atom. The summed E-state index contributed by atoms with van der Waals surface area (Å²) in [6, 6.07) is 9.65. The molecule has 0 fully saturated rings. The smallest absolute Gasteiger partial charge is 0.273 e. The molecule has 9 nitrogen and oxygen atoms in total. The van der Waals surface area contributed by atoms with Crippen molar-refractivity contribution in [1.29, 1.82) is 0 Å². The number of hydrogen-bond donors (Lipinski definition) is 2. The van der Waals surface area contributed by atoms with Crippen LogP contribution in [0.1, 0.15) is 35.3 Å². The third-order valence-electron chi connectivity index (χ3n) is 3.87. The standard InChI is InChI=1S/C18H18N6O3/c25-16(21-22-18(27)15-12-19-9-10-20-15)6-7-17(26)24-11-8-14(23-24)13-4-2-1-3-5-13/h1-5,9-10,12H,6-8,11H2,(H,21,25)(H,22,27). The summed E-state index contributed by atoms with van der Waals surface area (Å²) in [6.07, 6.45) is 4.70. The minimum absolute atomic E-state index is 0.00157. The van der Waals surface area contributed by atoms with E-state index in [2.05, 4.69) is 25.9 Å². The van der Waals surface area contributed by atoms with Crippen molar-refractivity contribution in [2.24, 2.45) is 5.10 Å². The van der Waals surface area contributed by atoms with E-state index in [0.717, 1.165) is 11.3 Å². The van der Waals surface area contributed by atoms with Crippen LogP contribution in [0.15, 0.2) is 54.0 Å². The molecule has 27 heavy (non-hydrogen) atoms. The number of nitrogens with zero attached hydrogens (tertiary/aromatic N) is 4. The van der Waals surface area contributed by atoms with E-state index in [1.54, 1.807) is 0 Å². The Kier molecular flexibility index (Phi) is 5.83. The molecule has 1 aromatic carbocycles. The molecule has 2 N–H and O–H groups in total. The molecule has 0 bridgehead atoms. The molecule has 0 atom stereocenters. The fourth-order valence-electron chi connectivity index (χ4n) is 2.49. The normalized spacial score (nSPS) is 13.0. The molecule has 1 aromatic heterocycles. The third kappa shape index (κ3) is 4.94. The van der Waals surface area contributed by atoms with Crippen molar-refractivity contribution in [3.63, 3.8) is 0 Å². The van der Waals surface area contributed by atoms with Gasteiger partial charge in [0.1, 0.15) is 5.69 Å². The fraction of sp³-hybridized carbons (Fsp3) is 0.222. The number of carbonyl (C=O) groups excluding carboxylic acids is 3. The van der Waals surface area contributed by atoms with Gasteiger partial charge in [-0.25, -0.2) is 9.99 Å². The second kappa shape index (κ2) is 8.65. The van der Waals surface area contributed by atoms with Gasteiger partial charge in [-0.05, 0) is 5.56 Å². The van der Waals surface area contributed by atoms with E-state index >= 15 is 0 Å². The van der Waals surface area contributed by atoms with Gasteiger partial charge in [0.15, 0.2) is 0 Å². The first-order valence-corrected chi connectivity index (χ1v) is 8.42. The largest absolute Gasteiger partial charge is 0.289 e. The molecule has 0 radical (unpaired) electrons. The summed E-state index contributed by atoms with van der Waals surface area (Å²) in [5, 5.41) is 5.72. The van der Waals surface area contributed by atoms with Gasteiger partial charge in [0.25, 0.3) is 5.91 Å². The van der Waals surface area contributed by atoms with Crippen LogP contribution in [0.4, 0.5) is 0 Å². The maximum absolute atomic E-state index is 12.2. The van der Waals surface area contributed by atoms with Crippen LogP contribution in [0, 0.1) is 0 Å². The Labute approximate surface area is 155 Å². The van der Waals surface area contributed by atoms with Gasteiger partial charge in [0, 0.05) is 31.7 Å². The highest BCUT2D eigenvalue weighted by atomic mass is 16.2. The van der Waals surface area contributed by atoms with Crippen molar-refractivity contribution in [3.8, 4) is 0 Å². The van der Waals surface area contributed by atoms with Gasteiger partial charge in [-0.3, -0.25) is 30.2 Å². The van der Waals surface area contributed by atoms with Crippen LogP contribution in [0.5, 0.6) is 0 Å². The van der Waals surface area contributed by atoms with E-state index in [1.165, 1.54) is 23.6 Å². The first-order chi connectivity index (χ1) is 13.1. The van der Waals surface area contributed by atoms with Crippen LogP contribution in [0.2, 0.25) is 0 Å². The quantitative estimate of drug-likeness (QED) is 0.754. The number of carbonyl (C=O) groups is 3. The number of amides is 3. The number of hydrazone groups is 1. The lowest BCUT2D eigenvalue weighted by molar-refractivity contribution is -0.133. The van der Waals surface area contributed by atoms with Gasteiger partial charge in [0.2, 0.25) is 11.8 Å². The third-order valence-corrected chi connectivity index (χ3v) is 3.87. The highest BCUT2D eigenvalue weighted by Crippen LogP contribution is 2.14. The molecule has 0 saturated heterocycles. The van der Waals surface area contributed by atoms with Crippen LogP contribution in [0.3, 0.4) is 0 Å². The molecule has 0 spiro atoms. The van der Waals surface area contributed by atoms with Crippen molar-refractivity contribution in [1.82, 2.24) is 25.8 Å². The average molecular weight is 366 g/mol. The molecule has 9 heteroatoms. The molecule has 3 amide bonds. The fourth-order valence-corrected chi connectivity index (χ4v) is 2.49. The molecule has 0 aliphatic carbocycles. The van der Waals surface area contributed by atoms with Crippen molar-refractivity contribution < 1.29 is 14.4 Å². The SMILES string of the molecule is O=C(CCC(=O)N1CCC(c2ccccc2)=N1)NNC(=O)c1cnccn1. The van der Waals surface area contributed by atoms with Crippen molar-refractivity contribution in [2.75, 3.05) is 6.54 Å². The Morgan fingerprint density at radius 1 is 1.04 bits per heavy atom. The van der Waals surface area contributed by atoms with Gasteiger partial charge in [-0.2, -0.15) is 5.10 Å². The van der Waals surface area contributed by atoms with Crippen molar-refractivity contribution in [3.05, 3.63) is 60.2 Å². The lowest BCUT2D eigenvalue weighted by Crippen LogP contribution is -2.42. The summed E-state index contributed by atoms with van der Waals surface area (Å²) >= 11 is 0. The molecule has 2 aromatic rings. The van der Waals surface area contributed by atoms with Crippen molar-refractivity contribution >= 4 is 23.4 Å². The van der Waals surface area contributed by atoms with Crippen LogP contribution in [-0.4, -0.2) is 45.0 Å². The molecule has 3 rings (SSSR count). The zero-order valence-electron chi connectivity index (χ0n) is 14.5. The average Bonchev–Trinajstić information content (AvgIpc) is 3.22. The molecule has 1 aliphatic rings. The summed E-state index contributed by atoms with van der Waals surface area (Å²) in [4.78, 5) is 43.4. The summed E-state index contributed by atoms with van der Waals surface area (Å²) < 4.78 is 0. The number of hydrogen-bond acceptors (Lipinski definition) is 6. The Morgan fingerprint density at radius 3 is 2.59 bits per heavy atom. The van der Waals surface area contributed by atoms with E-state index in [1.807, 2.05) is 30.3 Å². The molecule has 0 saturated carbocycles. The second-order valence-corrected chi connectivity index (χ2v) is 5.77. The van der Waals surface area contributed by atoms with Crippen LogP contribution in [-0.2, 0) is 9.59 Å². The monoisotopic (exact) mass is 366 g/mol. The van der Waals surface area contributed by atoms with E-state index in [-0.39, 0.29) is 24.4 Å². The molecular formula is C18H18N6O3. The highest BCUT2D eigenvalue weighted by Gasteiger charge is 2.22. The molecule has 0 unspecified atom stereocenters. The van der Waals surface area contributed by atoms with Crippen LogP contribution < -0.4 is 10.9 Å². The van der Waals surface area contributed by atoms with Crippen molar-refractivity contribution in [2.45, 2.75) is 19.3 Å². The minimum atomic E-state index is -0.584. The van der Waals surface area contributed by atoms with Gasteiger partial charge >= 0.3 is 0 Å². The predicted octanol–water partition coefficient (Wildman–Crippen LogP) is 0.654. The number of rotatable bonds is 5. The Balaban J connectivity index is 1.43. The topological polar surface area (TPSA) is 117 Å². The van der Waals surface area contributed by atoms with E-state index < -0.39 is 11.8 Å². The number of nitrogens with one attached hydrogen (secondary N) is 2. The summed E-state index contributed by atoms with van der Waals surface area (Å²) in [7, 11) is 0. The van der Waals surface area contributed by atoms with E-state index in [0.29, 0.717) is 13.0 Å². The predicted molar refractivity (Wildman–Crippen MR) is 96.2 cm³/mol. The summed E-state index contributed by atoms with van der Waals surface area (Å²) in [6.45, 7) is 0.494. The van der Waals surface area contributed by atoms with Gasteiger partial charge < -0.3 is 0 Å². The lowest BCUT2D eigenvalue weighted by Gasteiger charge is -2.11. The Hall–Kier alpha value is -3.62. The van der Waals surface area contributed by atoms with Gasteiger partial charge in [0.05, 0.1) is 18.5 Å². The maximum atomic E-state index is 12.2. The molecule has 138 valence electrons. The number of hydrazine groups is 1. The Bertz CT molecular complexity index is 854. The molecule has 2 heterocycles. The molecule has 1 aliphatic heterocycles.